The summed E-state index contributed by atoms with van der Waals surface area (Å²) in [5.74, 6) is -0.633. The largest absolute Gasteiger partial charge is 0.573 e. The molecule has 4 rings (SSSR count). The molecule has 3 heterocycles. The summed E-state index contributed by atoms with van der Waals surface area (Å²) >= 11 is 0. The van der Waals surface area contributed by atoms with Crippen molar-refractivity contribution in [2.45, 2.75) is 32.0 Å². The van der Waals surface area contributed by atoms with E-state index in [0.717, 1.165) is 65.3 Å². The molecule has 0 saturated carbocycles. The van der Waals surface area contributed by atoms with E-state index >= 15 is 0 Å². The van der Waals surface area contributed by atoms with Crippen molar-refractivity contribution in [2.75, 3.05) is 52.5 Å². The van der Waals surface area contributed by atoms with Crippen LogP contribution in [0.4, 0.5) is 17.6 Å². The zero-order valence-corrected chi connectivity index (χ0v) is 18.1. The molecule has 2 saturated heterocycles. The van der Waals surface area contributed by atoms with Gasteiger partial charge in [0.05, 0.1) is 24.6 Å². The maximum atomic E-state index is 15.0. The SMILES string of the molecule is Cc1c(F)c(C2CCN(CCN3CCOCC3)CC2)nn1-c1ccc(OC(F)(F)F)cc1. The number of likely N-dealkylation sites (tertiary alicyclic amines) is 1. The second-order valence-corrected chi connectivity index (χ2v) is 8.31. The van der Waals surface area contributed by atoms with Crippen LogP contribution in [0.5, 0.6) is 5.75 Å². The number of hydrogen-bond donors (Lipinski definition) is 0. The van der Waals surface area contributed by atoms with E-state index in [1.54, 1.807) is 6.92 Å². The third-order valence-corrected chi connectivity index (χ3v) is 6.19. The summed E-state index contributed by atoms with van der Waals surface area (Å²) in [6.07, 6.45) is -3.09. The number of piperidine rings is 1. The van der Waals surface area contributed by atoms with Crippen molar-refractivity contribution in [3.63, 3.8) is 0 Å². The lowest BCUT2D eigenvalue weighted by atomic mass is 9.93. The second kappa shape index (κ2) is 9.76. The molecule has 0 bridgehead atoms. The van der Waals surface area contributed by atoms with Gasteiger partial charge in [-0.1, -0.05) is 0 Å². The molecule has 0 atom stereocenters. The highest BCUT2D eigenvalue weighted by molar-refractivity contribution is 5.39. The molecular weight excluding hydrogens is 428 g/mol. The lowest BCUT2D eigenvalue weighted by Gasteiger charge is -2.34. The predicted octanol–water partition coefficient (Wildman–Crippen LogP) is 3.73. The number of hydrogen-bond acceptors (Lipinski definition) is 5. The van der Waals surface area contributed by atoms with Gasteiger partial charge in [-0.3, -0.25) is 4.90 Å². The Morgan fingerprint density at radius 1 is 1.00 bits per heavy atom. The van der Waals surface area contributed by atoms with Crippen LogP contribution in [0.25, 0.3) is 5.69 Å². The van der Waals surface area contributed by atoms with Crippen molar-refractivity contribution < 1.29 is 27.0 Å². The zero-order chi connectivity index (χ0) is 22.7. The maximum Gasteiger partial charge on any atom is 0.573 e. The van der Waals surface area contributed by atoms with E-state index in [9.17, 15) is 17.6 Å². The molecule has 0 radical (unpaired) electrons. The summed E-state index contributed by atoms with van der Waals surface area (Å²) in [6.45, 7) is 8.96. The van der Waals surface area contributed by atoms with Gasteiger partial charge in [0.25, 0.3) is 0 Å². The summed E-state index contributed by atoms with van der Waals surface area (Å²) in [6, 6.07) is 5.29. The van der Waals surface area contributed by atoms with Crippen LogP contribution < -0.4 is 4.74 Å². The van der Waals surface area contributed by atoms with Gasteiger partial charge in [0, 0.05) is 32.1 Å². The molecule has 0 amide bonds. The molecule has 0 spiro atoms. The topological polar surface area (TPSA) is 42.8 Å². The Morgan fingerprint density at radius 3 is 2.19 bits per heavy atom. The summed E-state index contributed by atoms with van der Waals surface area (Å²) in [7, 11) is 0. The van der Waals surface area contributed by atoms with Crippen molar-refractivity contribution in [1.29, 1.82) is 0 Å². The van der Waals surface area contributed by atoms with Crippen LogP contribution in [-0.2, 0) is 4.74 Å². The van der Waals surface area contributed by atoms with Gasteiger partial charge in [-0.25, -0.2) is 9.07 Å². The fourth-order valence-corrected chi connectivity index (χ4v) is 4.34. The average molecular weight is 456 g/mol. The zero-order valence-electron chi connectivity index (χ0n) is 18.1. The van der Waals surface area contributed by atoms with Crippen molar-refractivity contribution in [1.82, 2.24) is 19.6 Å². The van der Waals surface area contributed by atoms with Crippen LogP contribution in [0.2, 0.25) is 0 Å². The van der Waals surface area contributed by atoms with E-state index in [0.29, 0.717) is 17.1 Å². The van der Waals surface area contributed by atoms with Gasteiger partial charge >= 0.3 is 6.36 Å². The molecule has 6 nitrogen and oxygen atoms in total. The first-order valence-electron chi connectivity index (χ1n) is 10.9. The quantitative estimate of drug-likeness (QED) is 0.620. The molecule has 0 N–H and O–H groups in total. The normalized spacial score (nSPS) is 19.4. The molecule has 2 aliphatic rings. The van der Waals surface area contributed by atoms with Crippen LogP contribution >= 0.6 is 0 Å². The third kappa shape index (κ3) is 5.60. The van der Waals surface area contributed by atoms with Gasteiger partial charge in [0.15, 0.2) is 5.82 Å². The fraction of sp³-hybridized carbons (Fsp3) is 0.591. The molecule has 10 heteroatoms. The fourth-order valence-electron chi connectivity index (χ4n) is 4.34. The monoisotopic (exact) mass is 456 g/mol. The Labute approximate surface area is 184 Å². The number of halogens is 4. The summed E-state index contributed by atoms with van der Waals surface area (Å²) < 4.78 is 62.8. The molecular formula is C22H28F4N4O2. The molecule has 1 aromatic heterocycles. The van der Waals surface area contributed by atoms with Gasteiger partial charge in [-0.2, -0.15) is 5.10 Å². The van der Waals surface area contributed by atoms with Crippen LogP contribution in [0, 0.1) is 12.7 Å². The number of rotatable bonds is 6. The first-order valence-corrected chi connectivity index (χ1v) is 10.9. The first-order chi connectivity index (χ1) is 15.3. The molecule has 2 aliphatic heterocycles. The number of morpholine rings is 1. The van der Waals surface area contributed by atoms with Gasteiger partial charge in [0.1, 0.15) is 11.4 Å². The van der Waals surface area contributed by atoms with Crippen molar-refractivity contribution >= 4 is 0 Å². The van der Waals surface area contributed by atoms with E-state index in [2.05, 4.69) is 19.6 Å². The Bertz CT molecular complexity index is 887. The minimum Gasteiger partial charge on any atom is -0.406 e. The standard InChI is InChI=1S/C22H28F4N4O2/c1-16-20(23)21(27-30(16)18-2-4-19(5-3-18)32-22(24,25)26)17-6-8-28(9-7-17)10-11-29-12-14-31-15-13-29/h2-5,17H,6-15H2,1H3. The van der Waals surface area contributed by atoms with Crippen molar-refractivity contribution in [3.05, 3.63) is 41.5 Å². The highest BCUT2D eigenvalue weighted by atomic mass is 19.4. The molecule has 32 heavy (non-hydrogen) atoms. The molecule has 2 fully saturated rings. The Kier molecular flexibility index (Phi) is 7.02. The maximum absolute atomic E-state index is 15.0. The highest BCUT2D eigenvalue weighted by Gasteiger charge is 2.31. The van der Waals surface area contributed by atoms with Crippen molar-refractivity contribution in [3.8, 4) is 11.4 Å². The van der Waals surface area contributed by atoms with E-state index in [1.807, 2.05) is 0 Å². The Hall–Kier alpha value is -2.17. The number of ether oxygens (including phenoxy) is 2. The smallest absolute Gasteiger partial charge is 0.406 e. The molecule has 176 valence electrons. The van der Waals surface area contributed by atoms with Crippen LogP contribution in [-0.4, -0.2) is 78.4 Å². The minimum absolute atomic E-state index is 0.0300. The van der Waals surface area contributed by atoms with E-state index in [-0.39, 0.29) is 17.5 Å². The van der Waals surface area contributed by atoms with E-state index in [1.165, 1.54) is 28.9 Å². The molecule has 0 unspecified atom stereocenters. The van der Waals surface area contributed by atoms with Gasteiger partial charge in [-0.15, -0.1) is 13.2 Å². The van der Waals surface area contributed by atoms with Crippen LogP contribution in [0.3, 0.4) is 0 Å². The summed E-state index contributed by atoms with van der Waals surface area (Å²) in [4.78, 5) is 4.82. The lowest BCUT2D eigenvalue weighted by Crippen LogP contribution is -2.43. The average Bonchev–Trinajstić information content (AvgIpc) is 3.07. The summed E-state index contributed by atoms with van der Waals surface area (Å²) in [5, 5.41) is 4.49. The van der Waals surface area contributed by atoms with Gasteiger partial charge < -0.3 is 14.4 Å². The van der Waals surface area contributed by atoms with Crippen LogP contribution in [0.15, 0.2) is 24.3 Å². The minimum atomic E-state index is -4.75. The Balaban J connectivity index is 1.36. The number of aromatic nitrogens is 2. The van der Waals surface area contributed by atoms with E-state index < -0.39 is 6.36 Å². The van der Waals surface area contributed by atoms with Gasteiger partial charge in [0.2, 0.25) is 0 Å². The van der Waals surface area contributed by atoms with Crippen molar-refractivity contribution in [2.24, 2.45) is 0 Å². The van der Waals surface area contributed by atoms with Gasteiger partial charge in [-0.05, 0) is 57.1 Å². The number of benzene rings is 1. The molecule has 2 aromatic rings. The van der Waals surface area contributed by atoms with Crippen LogP contribution in [0.1, 0.15) is 30.1 Å². The summed E-state index contributed by atoms with van der Waals surface area (Å²) in [5.41, 5.74) is 1.27. The number of nitrogens with zero attached hydrogens (tertiary/aromatic N) is 4. The van der Waals surface area contributed by atoms with E-state index in [4.69, 9.17) is 4.74 Å². The Morgan fingerprint density at radius 2 is 1.59 bits per heavy atom. The first kappa shape index (κ1) is 23.0. The predicted molar refractivity (Wildman–Crippen MR) is 111 cm³/mol. The molecule has 1 aromatic carbocycles. The lowest BCUT2D eigenvalue weighted by molar-refractivity contribution is -0.274. The third-order valence-electron chi connectivity index (χ3n) is 6.19. The highest BCUT2D eigenvalue weighted by Crippen LogP contribution is 2.31. The molecule has 0 aliphatic carbocycles. The second-order valence-electron chi connectivity index (χ2n) is 8.31. The number of alkyl halides is 3.